The summed E-state index contributed by atoms with van der Waals surface area (Å²) in [6.45, 7) is 2.10. The van der Waals surface area contributed by atoms with Crippen LogP contribution in [0, 0.1) is 12.8 Å². The van der Waals surface area contributed by atoms with Crippen molar-refractivity contribution in [2.24, 2.45) is 5.92 Å². The van der Waals surface area contributed by atoms with Crippen LogP contribution in [0.4, 0.5) is 5.69 Å². The fraction of sp³-hybridized carbons (Fsp3) is 0.600. The van der Waals surface area contributed by atoms with Crippen molar-refractivity contribution in [1.29, 1.82) is 0 Å². The normalized spacial score (nSPS) is 28.4. The van der Waals surface area contributed by atoms with Gasteiger partial charge in [-0.1, -0.05) is 18.2 Å². The van der Waals surface area contributed by atoms with E-state index in [1.54, 1.807) is 0 Å². The van der Waals surface area contributed by atoms with Gasteiger partial charge in [-0.3, -0.25) is 4.79 Å². The van der Waals surface area contributed by atoms with Crippen molar-refractivity contribution in [2.75, 3.05) is 5.32 Å². The predicted octanol–water partition coefficient (Wildman–Crippen LogP) is 3.60. The molecule has 2 unspecified atom stereocenters. The minimum absolute atomic E-state index is 0.275. The van der Waals surface area contributed by atoms with Gasteiger partial charge < -0.3 is 15.5 Å². The average Bonchev–Trinajstić information content (AvgIpc) is 3.41. The summed E-state index contributed by atoms with van der Waals surface area (Å²) < 4.78 is 0. The first-order valence-corrected chi connectivity index (χ1v) is 9.98. The number of carbonyl (C=O) groups excluding carboxylic acids is 1. The van der Waals surface area contributed by atoms with Gasteiger partial charge in [0.2, 0.25) is 5.91 Å². The van der Waals surface area contributed by atoms with E-state index >= 15 is 0 Å². The zero-order valence-electron chi connectivity index (χ0n) is 14.8. The molecule has 1 amide bonds. The molecule has 2 N–H and O–H groups in total. The minimum atomic E-state index is 0.275. The lowest BCUT2D eigenvalue weighted by atomic mass is 9.82. The zero-order chi connectivity index (χ0) is 17.4. The molecule has 1 aliphatic carbocycles. The third-order valence-corrected chi connectivity index (χ3v) is 6.20. The number of hydrogen-bond donors (Lipinski definition) is 2. The third-order valence-electron chi connectivity index (χ3n) is 5.89. The number of nitrogens with zero attached hydrogens (tertiary/aromatic N) is 1. The molecule has 4 rings (SSSR count). The van der Waals surface area contributed by atoms with E-state index in [2.05, 4.69) is 34.6 Å². The summed E-state index contributed by atoms with van der Waals surface area (Å²) in [7, 11) is 0. The monoisotopic (exact) mass is 357 g/mol. The Bertz CT molecular complexity index is 659. The fourth-order valence-electron chi connectivity index (χ4n) is 4.39. The van der Waals surface area contributed by atoms with E-state index in [9.17, 15) is 4.79 Å². The number of nitrogens with one attached hydrogen (secondary N) is 2. The Morgan fingerprint density at radius 3 is 2.44 bits per heavy atom. The van der Waals surface area contributed by atoms with Crippen molar-refractivity contribution in [1.82, 2.24) is 10.2 Å². The Morgan fingerprint density at radius 1 is 1.12 bits per heavy atom. The largest absolute Gasteiger partial charge is 0.353 e. The van der Waals surface area contributed by atoms with Gasteiger partial charge in [0.1, 0.15) is 0 Å². The number of carbonyl (C=O) groups is 1. The molecule has 1 saturated carbocycles. The maximum absolute atomic E-state index is 12.1. The molecule has 1 aromatic carbocycles. The van der Waals surface area contributed by atoms with Gasteiger partial charge >= 0.3 is 0 Å². The van der Waals surface area contributed by atoms with Crippen LogP contribution in [0.5, 0.6) is 0 Å². The lowest BCUT2D eigenvalue weighted by molar-refractivity contribution is -0.123. The molecule has 2 bridgehead atoms. The molecule has 0 radical (unpaired) electrons. The molecular formula is C20H27N3OS. The molecule has 3 aliphatic rings. The third kappa shape index (κ3) is 3.66. The van der Waals surface area contributed by atoms with E-state index in [4.69, 9.17) is 12.2 Å². The number of aryl methyl sites for hydroxylation is 1. The van der Waals surface area contributed by atoms with Crippen molar-refractivity contribution in [3.8, 4) is 0 Å². The molecule has 4 nitrogen and oxygen atoms in total. The van der Waals surface area contributed by atoms with Crippen LogP contribution in [-0.4, -0.2) is 34.0 Å². The summed E-state index contributed by atoms with van der Waals surface area (Å²) in [6, 6.07) is 9.49. The first-order valence-electron chi connectivity index (χ1n) is 9.57. The molecule has 2 aliphatic heterocycles. The summed E-state index contributed by atoms with van der Waals surface area (Å²) in [6.07, 6.45) is 7.78. The second-order valence-corrected chi connectivity index (χ2v) is 8.23. The number of hydrogen-bond acceptors (Lipinski definition) is 2. The summed E-state index contributed by atoms with van der Waals surface area (Å²) in [5.41, 5.74) is 2.30. The van der Waals surface area contributed by atoms with E-state index in [1.165, 1.54) is 24.8 Å². The highest BCUT2D eigenvalue weighted by Crippen LogP contribution is 2.36. The smallest absolute Gasteiger partial charge is 0.223 e. The van der Waals surface area contributed by atoms with Crippen LogP contribution in [0.25, 0.3) is 0 Å². The van der Waals surface area contributed by atoms with Crippen LogP contribution in [0.2, 0.25) is 0 Å². The SMILES string of the molecule is Cc1ccccc1NC(=S)N1C2CCCC1CC(NC(=O)C1CC1)C2. The summed E-state index contributed by atoms with van der Waals surface area (Å²) in [5.74, 6) is 0.568. The van der Waals surface area contributed by atoms with Crippen molar-refractivity contribution < 1.29 is 4.79 Å². The molecule has 1 aromatic rings. The Hall–Kier alpha value is -1.62. The summed E-state index contributed by atoms with van der Waals surface area (Å²) in [5, 5.41) is 7.60. The maximum Gasteiger partial charge on any atom is 0.223 e. The Morgan fingerprint density at radius 2 is 1.80 bits per heavy atom. The molecule has 25 heavy (non-hydrogen) atoms. The van der Waals surface area contributed by atoms with E-state index in [-0.39, 0.29) is 5.91 Å². The number of thiocarbonyl (C=S) groups is 1. The molecular weight excluding hydrogens is 330 g/mol. The quantitative estimate of drug-likeness (QED) is 0.811. The number of benzene rings is 1. The van der Waals surface area contributed by atoms with Crippen molar-refractivity contribution in [2.45, 2.75) is 70.0 Å². The second kappa shape index (κ2) is 6.94. The number of rotatable bonds is 3. The van der Waals surface area contributed by atoms with Crippen molar-refractivity contribution in [3.63, 3.8) is 0 Å². The Kier molecular flexibility index (Phi) is 4.67. The van der Waals surface area contributed by atoms with Crippen LogP contribution < -0.4 is 10.6 Å². The second-order valence-electron chi connectivity index (χ2n) is 7.84. The fourth-order valence-corrected chi connectivity index (χ4v) is 4.80. The first-order chi connectivity index (χ1) is 12.1. The van der Waals surface area contributed by atoms with Gasteiger partial charge in [-0.05, 0) is 75.7 Å². The molecule has 134 valence electrons. The summed E-state index contributed by atoms with van der Waals surface area (Å²) >= 11 is 5.78. The molecule has 2 saturated heterocycles. The van der Waals surface area contributed by atoms with Gasteiger partial charge in [0.05, 0.1) is 0 Å². The van der Waals surface area contributed by atoms with E-state index < -0.39 is 0 Å². The van der Waals surface area contributed by atoms with Gasteiger partial charge in [-0.25, -0.2) is 0 Å². The molecule has 5 heteroatoms. The van der Waals surface area contributed by atoms with Gasteiger partial charge in [0.15, 0.2) is 5.11 Å². The molecule has 3 fully saturated rings. The Balaban J connectivity index is 1.43. The first kappa shape index (κ1) is 16.8. The van der Waals surface area contributed by atoms with Crippen LogP contribution in [-0.2, 0) is 4.79 Å². The zero-order valence-corrected chi connectivity index (χ0v) is 15.6. The molecule has 0 spiro atoms. The van der Waals surface area contributed by atoms with Gasteiger partial charge in [0.25, 0.3) is 0 Å². The van der Waals surface area contributed by atoms with Crippen LogP contribution in [0.15, 0.2) is 24.3 Å². The Labute approximate surface area is 155 Å². The van der Waals surface area contributed by atoms with E-state index in [0.29, 0.717) is 24.0 Å². The highest BCUT2D eigenvalue weighted by atomic mass is 32.1. The highest BCUT2D eigenvalue weighted by Gasteiger charge is 2.41. The number of anilines is 1. The lowest BCUT2D eigenvalue weighted by Gasteiger charge is -2.50. The number of piperidine rings is 2. The van der Waals surface area contributed by atoms with Crippen LogP contribution in [0.3, 0.4) is 0 Å². The summed E-state index contributed by atoms with van der Waals surface area (Å²) in [4.78, 5) is 14.5. The maximum atomic E-state index is 12.1. The van der Waals surface area contributed by atoms with Gasteiger partial charge in [-0.15, -0.1) is 0 Å². The number of fused-ring (bicyclic) bond motifs is 2. The standard InChI is InChI=1S/C20H27N3OS/c1-13-5-2-3-8-18(13)22-20(25)23-16-6-4-7-17(23)12-15(11-16)21-19(24)14-9-10-14/h2-3,5,8,14-17H,4,6-7,9-12H2,1H3,(H,21,24)(H,22,25). The molecule has 2 atom stereocenters. The minimum Gasteiger partial charge on any atom is -0.353 e. The van der Waals surface area contributed by atoms with Crippen LogP contribution in [0.1, 0.15) is 50.5 Å². The predicted molar refractivity (Wildman–Crippen MR) is 105 cm³/mol. The lowest BCUT2D eigenvalue weighted by Crippen LogP contribution is -2.59. The van der Waals surface area contributed by atoms with Gasteiger partial charge in [-0.2, -0.15) is 0 Å². The molecule has 2 heterocycles. The molecule has 0 aromatic heterocycles. The highest BCUT2D eigenvalue weighted by molar-refractivity contribution is 7.80. The number of amides is 1. The van der Waals surface area contributed by atoms with Crippen molar-refractivity contribution in [3.05, 3.63) is 29.8 Å². The topological polar surface area (TPSA) is 44.4 Å². The van der Waals surface area contributed by atoms with Crippen LogP contribution >= 0.6 is 12.2 Å². The number of para-hydroxylation sites is 1. The van der Waals surface area contributed by atoms with E-state index in [1.807, 2.05) is 12.1 Å². The van der Waals surface area contributed by atoms with Gasteiger partial charge in [0, 0.05) is 29.7 Å². The van der Waals surface area contributed by atoms with E-state index in [0.717, 1.165) is 36.5 Å². The van der Waals surface area contributed by atoms with Crippen molar-refractivity contribution >= 4 is 28.9 Å². The average molecular weight is 358 g/mol.